The Balaban J connectivity index is 1.43. The minimum Gasteiger partial charge on any atom is -0.378 e. The average Bonchev–Trinajstić information content (AvgIpc) is 2.77. The number of nitrogens with zero attached hydrogens (tertiary/aromatic N) is 5. The molecule has 1 aliphatic rings. The van der Waals surface area contributed by atoms with Gasteiger partial charge in [-0.2, -0.15) is 5.10 Å². The molecule has 2 N–H and O–H groups in total. The van der Waals surface area contributed by atoms with Crippen molar-refractivity contribution in [2.75, 3.05) is 41.8 Å². The molecule has 0 spiro atoms. The van der Waals surface area contributed by atoms with Crippen LogP contribution in [-0.4, -0.2) is 52.0 Å². The minimum absolute atomic E-state index is 0.163. The van der Waals surface area contributed by atoms with Gasteiger partial charge in [-0.3, -0.25) is 9.59 Å². The van der Waals surface area contributed by atoms with Crippen molar-refractivity contribution in [3.8, 4) is 0 Å². The summed E-state index contributed by atoms with van der Waals surface area (Å²) >= 11 is 0. The first-order chi connectivity index (χ1) is 15.0. The monoisotopic (exact) mass is 421 g/mol. The highest BCUT2D eigenvalue weighted by Gasteiger charge is 2.14. The molecule has 160 valence electrons. The quantitative estimate of drug-likeness (QED) is 0.640. The molecule has 1 saturated heterocycles. The molecule has 0 bridgehead atoms. The predicted molar refractivity (Wildman–Crippen MR) is 117 cm³/mol. The van der Waals surface area contributed by atoms with E-state index >= 15 is 0 Å². The van der Waals surface area contributed by atoms with Crippen molar-refractivity contribution in [3.05, 3.63) is 64.3 Å². The lowest BCUT2D eigenvalue weighted by molar-refractivity contribution is 0.102. The van der Waals surface area contributed by atoms with Crippen molar-refractivity contribution in [1.82, 2.24) is 19.7 Å². The number of carbonyl (C=O) groups excluding carboxylic acids is 1. The van der Waals surface area contributed by atoms with Crippen LogP contribution in [0.3, 0.4) is 0 Å². The normalized spacial score (nSPS) is 13.7. The molecule has 0 radical (unpaired) electrons. The number of aromatic nitrogens is 4. The Bertz CT molecular complexity index is 1140. The van der Waals surface area contributed by atoms with Gasteiger partial charge in [-0.05, 0) is 37.3 Å². The van der Waals surface area contributed by atoms with E-state index in [1.54, 1.807) is 12.1 Å². The van der Waals surface area contributed by atoms with E-state index in [1.807, 2.05) is 25.1 Å². The van der Waals surface area contributed by atoms with E-state index in [0.29, 0.717) is 30.5 Å². The van der Waals surface area contributed by atoms with Crippen molar-refractivity contribution in [1.29, 1.82) is 0 Å². The van der Waals surface area contributed by atoms with Gasteiger partial charge in [0, 0.05) is 43.6 Å². The van der Waals surface area contributed by atoms with Crippen LogP contribution >= 0.6 is 0 Å². The van der Waals surface area contributed by atoms with E-state index in [4.69, 9.17) is 4.74 Å². The van der Waals surface area contributed by atoms with Crippen molar-refractivity contribution in [2.24, 2.45) is 7.05 Å². The second kappa shape index (κ2) is 8.92. The first kappa shape index (κ1) is 20.5. The molecular formula is C21H23N7O3. The molecule has 31 heavy (non-hydrogen) atoms. The summed E-state index contributed by atoms with van der Waals surface area (Å²) in [4.78, 5) is 34.9. The van der Waals surface area contributed by atoms with Crippen LogP contribution in [0.2, 0.25) is 0 Å². The standard InChI is InChI=1S/C21H23N7O3/c1-14-22-18(13-19(23-14)28-9-11-31-12-10-28)24-15-3-5-16(6-4-15)25-21(30)17-7-8-20(29)27(2)26-17/h3-8,13H,9-12H2,1-2H3,(H,25,30)(H,22,23,24). The molecule has 3 heterocycles. The summed E-state index contributed by atoms with van der Waals surface area (Å²) in [5, 5.41) is 10.00. The van der Waals surface area contributed by atoms with Gasteiger partial charge in [-0.25, -0.2) is 14.6 Å². The highest BCUT2D eigenvalue weighted by atomic mass is 16.5. The number of amides is 1. The number of anilines is 4. The first-order valence-electron chi connectivity index (χ1n) is 9.89. The summed E-state index contributed by atoms with van der Waals surface area (Å²) < 4.78 is 6.53. The molecule has 3 aromatic rings. The van der Waals surface area contributed by atoms with Gasteiger partial charge in [-0.1, -0.05) is 0 Å². The van der Waals surface area contributed by atoms with Crippen LogP contribution in [0, 0.1) is 6.92 Å². The lowest BCUT2D eigenvalue weighted by Crippen LogP contribution is -2.36. The van der Waals surface area contributed by atoms with E-state index in [-0.39, 0.29) is 11.3 Å². The third-order valence-electron chi connectivity index (χ3n) is 4.77. The molecule has 0 unspecified atom stereocenters. The van der Waals surface area contributed by atoms with Gasteiger partial charge in [0.1, 0.15) is 23.2 Å². The third-order valence-corrected chi connectivity index (χ3v) is 4.77. The molecule has 1 aliphatic heterocycles. The molecule has 10 nitrogen and oxygen atoms in total. The maximum absolute atomic E-state index is 12.3. The average molecular weight is 421 g/mol. The lowest BCUT2D eigenvalue weighted by atomic mass is 10.2. The van der Waals surface area contributed by atoms with E-state index < -0.39 is 5.91 Å². The Labute approximate surface area is 178 Å². The maximum Gasteiger partial charge on any atom is 0.276 e. The minimum atomic E-state index is -0.391. The highest BCUT2D eigenvalue weighted by molar-refractivity contribution is 6.02. The van der Waals surface area contributed by atoms with Gasteiger partial charge in [0.05, 0.1) is 13.2 Å². The zero-order valence-electron chi connectivity index (χ0n) is 17.3. The van der Waals surface area contributed by atoms with Gasteiger partial charge in [0.25, 0.3) is 11.5 Å². The van der Waals surface area contributed by atoms with Crippen LogP contribution < -0.4 is 21.1 Å². The molecule has 10 heteroatoms. The zero-order chi connectivity index (χ0) is 21.8. The highest BCUT2D eigenvalue weighted by Crippen LogP contribution is 2.22. The third kappa shape index (κ3) is 5.04. The van der Waals surface area contributed by atoms with Crippen LogP contribution in [0.15, 0.2) is 47.3 Å². The SMILES string of the molecule is Cc1nc(Nc2ccc(NC(=O)c3ccc(=O)n(C)n3)cc2)cc(N2CCOCC2)n1. The molecule has 0 atom stereocenters. The Morgan fingerprint density at radius 1 is 1.03 bits per heavy atom. The number of hydrogen-bond donors (Lipinski definition) is 2. The van der Waals surface area contributed by atoms with Gasteiger partial charge in [-0.15, -0.1) is 0 Å². The molecular weight excluding hydrogens is 398 g/mol. The molecule has 1 amide bonds. The van der Waals surface area contributed by atoms with Gasteiger partial charge in [0.15, 0.2) is 0 Å². The van der Waals surface area contributed by atoms with Crippen LogP contribution in [-0.2, 0) is 11.8 Å². The summed E-state index contributed by atoms with van der Waals surface area (Å²) in [7, 11) is 1.50. The summed E-state index contributed by atoms with van der Waals surface area (Å²) in [5.41, 5.74) is 1.32. The fraction of sp³-hybridized carbons (Fsp3) is 0.286. The summed E-state index contributed by atoms with van der Waals surface area (Å²) in [6.07, 6.45) is 0. The zero-order valence-corrected chi connectivity index (χ0v) is 17.3. The molecule has 2 aromatic heterocycles. The first-order valence-corrected chi connectivity index (χ1v) is 9.89. The molecule has 1 aromatic carbocycles. The van der Waals surface area contributed by atoms with Crippen molar-refractivity contribution >= 4 is 28.9 Å². The Morgan fingerprint density at radius 2 is 1.74 bits per heavy atom. The van der Waals surface area contributed by atoms with E-state index in [9.17, 15) is 9.59 Å². The van der Waals surface area contributed by atoms with Gasteiger partial charge < -0.3 is 20.3 Å². The second-order valence-electron chi connectivity index (χ2n) is 7.09. The predicted octanol–water partition coefficient (Wildman–Crippen LogP) is 1.71. The number of benzene rings is 1. The topological polar surface area (TPSA) is 114 Å². The fourth-order valence-electron chi connectivity index (χ4n) is 3.17. The molecule has 1 fully saturated rings. The number of ether oxygens (including phenoxy) is 1. The lowest BCUT2D eigenvalue weighted by Gasteiger charge is -2.28. The summed E-state index contributed by atoms with van der Waals surface area (Å²) in [5.74, 6) is 1.85. The van der Waals surface area contributed by atoms with Crippen LogP contribution in [0.5, 0.6) is 0 Å². The van der Waals surface area contributed by atoms with Crippen molar-refractivity contribution in [3.63, 3.8) is 0 Å². The van der Waals surface area contributed by atoms with E-state index in [2.05, 4.69) is 30.6 Å². The van der Waals surface area contributed by atoms with E-state index in [1.165, 1.54) is 19.2 Å². The van der Waals surface area contributed by atoms with Crippen molar-refractivity contribution in [2.45, 2.75) is 6.92 Å². The van der Waals surface area contributed by atoms with Crippen molar-refractivity contribution < 1.29 is 9.53 Å². The largest absolute Gasteiger partial charge is 0.378 e. The Kier molecular flexibility index (Phi) is 5.89. The van der Waals surface area contributed by atoms with Crippen LogP contribution in [0.4, 0.5) is 23.0 Å². The van der Waals surface area contributed by atoms with E-state index in [0.717, 1.165) is 29.3 Å². The van der Waals surface area contributed by atoms with Crippen LogP contribution in [0.25, 0.3) is 0 Å². The number of nitrogens with one attached hydrogen (secondary N) is 2. The number of morpholine rings is 1. The summed E-state index contributed by atoms with van der Waals surface area (Å²) in [6.45, 7) is 4.84. The second-order valence-corrected chi connectivity index (χ2v) is 7.09. The summed E-state index contributed by atoms with van der Waals surface area (Å²) in [6, 6.07) is 11.9. The number of carbonyl (C=O) groups is 1. The van der Waals surface area contributed by atoms with Gasteiger partial charge in [0.2, 0.25) is 0 Å². The Morgan fingerprint density at radius 3 is 2.45 bits per heavy atom. The molecule has 4 rings (SSSR count). The van der Waals surface area contributed by atoms with Crippen LogP contribution in [0.1, 0.15) is 16.3 Å². The Hall–Kier alpha value is -3.79. The molecule has 0 saturated carbocycles. The maximum atomic E-state index is 12.3. The fourth-order valence-corrected chi connectivity index (χ4v) is 3.17. The molecule has 0 aliphatic carbocycles. The number of rotatable bonds is 5. The van der Waals surface area contributed by atoms with Gasteiger partial charge >= 0.3 is 0 Å². The smallest absolute Gasteiger partial charge is 0.276 e. The number of hydrogen-bond acceptors (Lipinski definition) is 8. The number of aryl methyl sites for hydroxylation is 2.